The second kappa shape index (κ2) is 6.94. The van der Waals surface area contributed by atoms with Crippen LogP contribution in [0.3, 0.4) is 0 Å². The van der Waals surface area contributed by atoms with E-state index in [2.05, 4.69) is 30.1 Å². The largest absolute Gasteiger partial charge is 0.340 e. The van der Waals surface area contributed by atoms with E-state index in [0.29, 0.717) is 6.42 Å². The fourth-order valence-electron chi connectivity index (χ4n) is 3.15. The molecule has 1 aromatic heterocycles. The quantitative estimate of drug-likeness (QED) is 0.727. The van der Waals surface area contributed by atoms with Crippen molar-refractivity contribution in [1.29, 1.82) is 0 Å². The Morgan fingerprint density at radius 2 is 1.88 bits per heavy atom. The number of carbonyl (C=O) groups excluding carboxylic acids is 1. The van der Waals surface area contributed by atoms with Crippen LogP contribution in [0.15, 0.2) is 48.5 Å². The van der Waals surface area contributed by atoms with Crippen LogP contribution >= 0.6 is 11.3 Å². The molecule has 0 spiro atoms. The zero-order valence-electron chi connectivity index (χ0n) is 14.3. The van der Waals surface area contributed by atoms with E-state index < -0.39 is 0 Å². The van der Waals surface area contributed by atoms with E-state index >= 15 is 0 Å². The Labute approximate surface area is 151 Å². The number of fused-ring (bicyclic) bond motifs is 1. The van der Waals surface area contributed by atoms with E-state index in [9.17, 15) is 4.79 Å². The number of likely N-dealkylation sites (N-methyl/N-ethyl adjacent to an activating group) is 1. The van der Waals surface area contributed by atoms with Gasteiger partial charge in [0.15, 0.2) is 0 Å². The van der Waals surface area contributed by atoms with Gasteiger partial charge in [0.1, 0.15) is 5.01 Å². The summed E-state index contributed by atoms with van der Waals surface area (Å²) < 4.78 is 1.19. The van der Waals surface area contributed by atoms with E-state index in [-0.39, 0.29) is 5.91 Å². The van der Waals surface area contributed by atoms with E-state index in [4.69, 9.17) is 4.98 Å². The van der Waals surface area contributed by atoms with E-state index in [1.807, 2.05) is 35.2 Å². The predicted octanol–water partition coefficient (Wildman–Crippen LogP) is 3.28. The predicted molar refractivity (Wildman–Crippen MR) is 103 cm³/mol. The average Bonchev–Trinajstić information content (AvgIpc) is 3.07. The van der Waals surface area contributed by atoms with Crippen LogP contribution in [0.5, 0.6) is 0 Å². The van der Waals surface area contributed by atoms with Gasteiger partial charge in [-0.1, -0.05) is 30.3 Å². The van der Waals surface area contributed by atoms with Crippen LogP contribution in [0.4, 0.5) is 0 Å². The SMILES string of the molecule is CN1CCN(C(=O)Cc2cccc(-c3nc4ccccc4s3)c2)CC1. The molecule has 2 heterocycles. The van der Waals surface area contributed by atoms with Crippen molar-refractivity contribution in [2.45, 2.75) is 6.42 Å². The summed E-state index contributed by atoms with van der Waals surface area (Å²) in [6.45, 7) is 3.56. The molecule has 0 saturated carbocycles. The summed E-state index contributed by atoms with van der Waals surface area (Å²) in [5, 5.41) is 1.01. The minimum Gasteiger partial charge on any atom is -0.340 e. The first-order valence-electron chi connectivity index (χ1n) is 8.60. The fraction of sp³-hybridized carbons (Fsp3) is 0.300. The van der Waals surface area contributed by atoms with Crippen molar-refractivity contribution in [2.24, 2.45) is 0 Å². The normalized spacial score (nSPS) is 15.6. The van der Waals surface area contributed by atoms with Gasteiger partial charge in [-0.05, 0) is 30.8 Å². The zero-order chi connectivity index (χ0) is 17.2. The molecule has 0 radical (unpaired) electrons. The highest BCUT2D eigenvalue weighted by atomic mass is 32.1. The summed E-state index contributed by atoms with van der Waals surface area (Å²) >= 11 is 1.69. The highest BCUT2D eigenvalue weighted by Crippen LogP contribution is 2.30. The molecule has 2 aromatic carbocycles. The molecule has 0 unspecified atom stereocenters. The highest BCUT2D eigenvalue weighted by molar-refractivity contribution is 7.21. The third-order valence-electron chi connectivity index (χ3n) is 4.68. The van der Waals surface area contributed by atoms with Crippen molar-refractivity contribution in [3.8, 4) is 10.6 Å². The molecule has 4 rings (SSSR count). The van der Waals surface area contributed by atoms with Crippen molar-refractivity contribution < 1.29 is 4.79 Å². The van der Waals surface area contributed by atoms with E-state index in [1.165, 1.54) is 4.70 Å². The topological polar surface area (TPSA) is 36.4 Å². The summed E-state index contributed by atoms with van der Waals surface area (Å²) in [5.74, 6) is 0.217. The van der Waals surface area contributed by atoms with E-state index in [1.54, 1.807) is 11.3 Å². The monoisotopic (exact) mass is 351 g/mol. The summed E-state index contributed by atoms with van der Waals surface area (Å²) in [6.07, 6.45) is 0.461. The van der Waals surface area contributed by atoms with Gasteiger partial charge in [-0.15, -0.1) is 11.3 Å². The minimum atomic E-state index is 0.217. The number of amides is 1. The number of hydrogen-bond donors (Lipinski definition) is 0. The minimum absolute atomic E-state index is 0.217. The lowest BCUT2D eigenvalue weighted by molar-refractivity contribution is -0.132. The number of carbonyl (C=O) groups is 1. The van der Waals surface area contributed by atoms with Gasteiger partial charge >= 0.3 is 0 Å². The first-order chi connectivity index (χ1) is 12.2. The van der Waals surface area contributed by atoms with Gasteiger partial charge in [0.2, 0.25) is 5.91 Å². The van der Waals surface area contributed by atoms with Gasteiger partial charge in [-0.25, -0.2) is 4.98 Å². The zero-order valence-corrected chi connectivity index (χ0v) is 15.1. The standard InChI is InChI=1S/C20H21N3OS/c1-22-9-11-23(12-10-22)19(24)14-15-5-4-6-16(13-15)20-21-17-7-2-3-8-18(17)25-20/h2-8,13H,9-12,14H2,1H3. The molecule has 1 amide bonds. The number of aromatic nitrogens is 1. The van der Waals surface area contributed by atoms with Crippen molar-refractivity contribution >= 4 is 27.5 Å². The van der Waals surface area contributed by atoms with Crippen molar-refractivity contribution in [3.63, 3.8) is 0 Å². The maximum absolute atomic E-state index is 12.6. The molecule has 0 bridgehead atoms. The van der Waals surface area contributed by atoms with Crippen LogP contribution in [0.1, 0.15) is 5.56 Å². The first-order valence-corrected chi connectivity index (χ1v) is 9.42. The maximum atomic E-state index is 12.6. The molecule has 0 aliphatic carbocycles. The summed E-state index contributed by atoms with van der Waals surface area (Å²) in [7, 11) is 2.10. The molecule has 0 atom stereocenters. The summed E-state index contributed by atoms with van der Waals surface area (Å²) in [6, 6.07) is 16.4. The molecule has 5 heteroatoms. The second-order valence-electron chi connectivity index (χ2n) is 6.55. The summed E-state index contributed by atoms with van der Waals surface area (Å²) in [5.41, 5.74) is 3.17. The Balaban J connectivity index is 1.52. The number of nitrogens with zero attached hydrogens (tertiary/aromatic N) is 3. The Hall–Kier alpha value is -2.24. The van der Waals surface area contributed by atoms with Gasteiger partial charge in [0, 0.05) is 31.7 Å². The molecule has 3 aromatic rings. The Bertz CT molecular complexity index is 864. The van der Waals surface area contributed by atoms with Gasteiger partial charge in [0.05, 0.1) is 16.6 Å². The van der Waals surface area contributed by atoms with Crippen molar-refractivity contribution in [2.75, 3.05) is 33.2 Å². The Morgan fingerprint density at radius 1 is 1.08 bits per heavy atom. The fourth-order valence-corrected chi connectivity index (χ4v) is 4.11. The van der Waals surface area contributed by atoms with Gasteiger partial charge < -0.3 is 9.80 Å². The van der Waals surface area contributed by atoms with Gasteiger partial charge in [-0.3, -0.25) is 4.79 Å². The van der Waals surface area contributed by atoms with Crippen LogP contribution in [-0.4, -0.2) is 53.9 Å². The molecule has 4 nitrogen and oxygen atoms in total. The molecule has 1 aliphatic rings. The Morgan fingerprint density at radius 3 is 2.68 bits per heavy atom. The smallest absolute Gasteiger partial charge is 0.227 e. The third kappa shape index (κ3) is 3.57. The maximum Gasteiger partial charge on any atom is 0.227 e. The number of benzene rings is 2. The van der Waals surface area contributed by atoms with Crippen LogP contribution in [0.25, 0.3) is 20.8 Å². The van der Waals surface area contributed by atoms with E-state index in [0.717, 1.165) is 47.8 Å². The number of hydrogen-bond acceptors (Lipinski definition) is 4. The molecule has 128 valence electrons. The van der Waals surface area contributed by atoms with Crippen LogP contribution < -0.4 is 0 Å². The summed E-state index contributed by atoms with van der Waals surface area (Å²) in [4.78, 5) is 21.5. The lowest BCUT2D eigenvalue weighted by Crippen LogP contribution is -2.47. The molecule has 25 heavy (non-hydrogen) atoms. The molecule has 0 N–H and O–H groups in total. The Kier molecular flexibility index (Phi) is 4.51. The highest BCUT2D eigenvalue weighted by Gasteiger charge is 2.19. The number of piperazine rings is 1. The number of rotatable bonds is 3. The molecular weight excluding hydrogens is 330 g/mol. The molecule has 1 saturated heterocycles. The molecular formula is C20H21N3OS. The second-order valence-corrected chi connectivity index (χ2v) is 7.58. The lowest BCUT2D eigenvalue weighted by Gasteiger charge is -2.32. The van der Waals surface area contributed by atoms with Crippen molar-refractivity contribution in [1.82, 2.24) is 14.8 Å². The van der Waals surface area contributed by atoms with Crippen LogP contribution in [0.2, 0.25) is 0 Å². The first kappa shape index (κ1) is 16.2. The third-order valence-corrected chi connectivity index (χ3v) is 5.76. The van der Waals surface area contributed by atoms with Gasteiger partial charge in [-0.2, -0.15) is 0 Å². The number of thiazole rings is 1. The lowest BCUT2D eigenvalue weighted by atomic mass is 10.1. The average molecular weight is 351 g/mol. The number of para-hydroxylation sites is 1. The van der Waals surface area contributed by atoms with Crippen molar-refractivity contribution in [3.05, 3.63) is 54.1 Å². The molecule has 1 aliphatic heterocycles. The van der Waals surface area contributed by atoms with Crippen LogP contribution in [-0.2, 0) is 11.2 Å². The molecule has 1 fully saturated rings. The van der Waals surface area contributed by atoms with Crippen LogP contribution in [0, 0.1) is 0 Å². The van der Waals surface area contributed by atoms with Gasteiger partial charge in [0.25, 0.3) is 0 Å².